The fourth-order valence-electron chi connectivity index (χ4n) is 0.712. The van der Waals surface area contributed by atoms with Crippen LogP contribution < -0.4 is 0 Å². The number of Topliss-reactive ketones (excluding diaryl/α,β-unsaturated/α-hetero) is 1. The number of carbonyl (C=O) groups is 2. The molecule has 0 spiro atoms. The van der Waals surface area contributed by atoms with Crippen molar-refractivity contribution in [1.29, 1.82) is 0 Å². The summed E-state index contributed by atoms with van der Waals surface area (Å²) in [6.45, 7) is 0. The van der Waals surface area contributed by atoms with Crippen molar-refractivity contribution in [2.45, 2.75) is 5.16 Å². The lowest BCUT2D eigenvalue weighted by atomic mass is 10.2. The second kappa shape index (κ2) is 4.39. The van der Waals surface area contributed by atoms with Crippen LogP contribution in [0.1, 0.15) is 10.4 Å². The van der Waals surface area contributed by atoms with E-state index in [0.29, 0.717) is 5.16 Å². The van der Waals surface area contributed by atoms with Gasteiger partial charge in [0.15, 0.2) is 5.16 Å². The zero-order valence-electron chi connectivity index (χ0n) is 7.02. The molecule has 74 valence electrons. The number of halogens is 1. The Hall–Kier alpha value is -1.14. The molecule has 5 nitrogen and oxygen atoms in total. The summed E-state index contributed by atoms with van der Waals surface area (Å²) in [7, 11) is 0. The molecule has 0 amide bonds. The highest BCUT2D eigenvalue weighted by molar-refractivity contribution is 7.98. The number of ketones is 1. The predicted molar refractivity (Wildman–Crippen MR) is 50.8 cm³/mol. The molecule has 0 unspecified atom stereocenters. The number of carbonyl (C=O) groups excluding carboxylic acids is 1. The molecule has 0 saturated heterocycles. The van der Waals surface area contributed by atoms with E-state index in [1.165, 1.54) is 11.8 Å². The van der Waals surface area contributed by atoms with E-state index in [-0.39, 0.29) is 10.7 Å². The number of carboxylic acids is 1. The fraction of sp³-hybridized carbons (Fsp3) is 0.143. The van der Waals surface area contributed by atoms with Crippen LogP contribution in [0.3, 0.4) is 0 Å². The summed E-state index contributed by atoms with van der Waals surface area (Å²) in [4.78, 5) is 28.8. The quantitative estimate of drug-likeness (QED) is 0.277. The minimum Gasteiger partial charge on any atom is -0.475 e. The molecule has 1 heterocycles. The third kappa shape index (κ3) is 2.21. The summed E-state index contributed by atoms with van der Waals surface area (Å²) >= 11 is 6.84. The highest BCUT2D eigenvalue weighted by Gasteiger charge is 2.19. The zero-order chi connectivity index (χ0) is 10.7. The number of hydrogen-bond acceptors (Lipinski definition) is 5. The molecular weight excluding hydrogens is 228 g/mol. The molecule has 14 heavy (non-hydrogen) atoms. The molecule has 0 saturated carbocycles. The molecular formula is C7H5ClN2O3S. The SMILES string of the molecule is CSc1ncc(C(=O)C(=O)O)c(Cl)n1. The lowest BCUT2D eigenvalue weighted by molar-refractivity contribution is -0.131. The van der Waals surface area contributed by atoms with Crippen molar-refractivity contribution in [3.05, 3.63) is 16.9 Å². The summed E-state index contributed by atoms with van der Waals surface area (Å²) in [5, 5.41) is 8.66. The van der Waals surface area contributed by atoms with Gasteiger partial charge in [-0.1, -0.05) is 23.4 Å². The van der Waals surface area contributed by atoms with Gasteiger partial charge in [-0.3, -0.25) is 4.79 Å². The Morgan fingerprint density at radius 2 is 2.21 bits per heavy atom. The van der Waals surface area contributed by atoms with Gasteiger partial charge in [-0.25, -0.2) is 14.8 Å². The Balaban J connectivity index is 3.12. The van der Waals surface area contributed by atoms with Gasteiger partial charge in [-0.2, -0.15) is 0 Å². The minimum atomic E-state index is -1.58. The minimum absolute atomic E-state index is 0.142. The summed E-state index contributed by atoms with van der Waals surface area (Å²) < 4.78 is 0. The standard InChI is InChI=1S/C7H5ClN2O3S/c1-14-7-9-2-3(5(8)10-7)4(11)6(12)13/h2H,1H3,(H,12,13). The number of aliphatic carboxylic acids is 1. The summed E-state index contributed by atoms with van der Waals surface area (Å²) in [6, 6.07) is 0. The lowest BCUT2D eigenvalue weighted by Gasteiger charge is -1.99. The normalized spacial score (nSPS) is 9.86. The zero-order valence-corrected chi connectivity index (χ0v) is 8.59. The summed E-state index contributed by atoms with van der Waals surface area (Å²) in [6.07, 6.45) is 2.85. The number of hydrogen-bond donors (Lipinski definition) is 1. The van der Waals surface area contributed by atoms with Crippen molar-refractivity contribution >= 4 is 35.1 Å². The van der Waals surface area contributed by atoms with E-state index in [2.05, 4.69) is 9.97 Å². The molecule has 0 aliphatic rings. The summed E-state index contributed by atoms with van der Waals surface area (Å²) in [5.74, 6) is -2.69. The predicted octanol–water partition coefficient (Wildman–Crippen LogP) is 1.12. The molecule has 0 fully saturated rings. The third-order valence-electron chi connectivity index (χ3n) is 1.34. The maximum absolute atomic E-state index is 11.0. The van der Waals surface area contributed by atoms with E-state index in [9.17, 15) is 9.59 Å². The van der Waals surface area contributed by atoms with E-state index < -0.39 is 11.8 Å². The van der Waals surface area contributed by atoms with Gasteiger partial charge in [0, 0.05) is 6.20 Å². The second-order valence-electron chi connectivity index (χ2n) is 2.20. The molecule has 0 atom stereocenters. The van der Waals surface area contributed by atoms with E-state index in [0.717, 1.165) is 6.20 Å². The van der Waals surface area contributed by atoms with E-state index >= 15 is 0 Å². The van der Waals surface area contributed by atoms with Crippen molar-refractivity contribution < 1.29 is 14.7 Å². The number of thioether (sulfide) groups is 1. The van der Waals surface area contributed by atoms with Crippen molar-refractivity contribution in [1.82, 2.24) is 9.97 Å². The van der Waals surface area contributed by atoms with Crippen molar-refractivity contribution in [3.8, 4) is 0 Å². The first-order chi connectivity index (χ1) is 6.56. The Morgan fingerprint density at radius 3 is 2.64 bits per heavy atom. The largest absolute Gasteiger partial charge is 0.475 e. The van der Waals surface area contributed by atoms with Gasteiger partial charge >= 0.3 is 5.97 Å². The molecule has 0 radical (unpaired) electrons. The van der Waals surface area contributed by atoms with Crippen LogP contribution in [0.2, 0.25) is 5.15 Å². The van der Waals surface area contributed by atoms with Crippen LogP contribution in [-0.4, -0.2) is 33.1 Å². The molecule has 1 aromatic rings. The monoisotopic (exact) mass is 232 g/mol. The Kier molecular flexibility index (Phi) is 3.43. The van der Waals surface area contributed by atoms with Crippen molar-refractivity contribution in [2.75, 3.05) is 6.26 Å². The van der Waals surface area contributed by atoms with E-state index in [1.54, 1.807) is 6.26 Å². The molecule has 1 N–H and O–H groups in total. The van der Waals surface area contributed by atoms with Crippen LogP contribution in [0.5, 0.6) is 0 Å². The van der Waals surface area contributed by atoms with Gasteiger partial charge in [0.25, 0.3) is 5.78 Å². The molecule has 0 aliphatic heterocycles. The average Bonchev–Trinajstić information content (AvgIpc) is 2.16. The smallest absolute Gasteiger partial charge is 0.377 e. The van der Waals surface area contributed by atoms with Crippen molar-refractivity contribution in [2.24, 2.45) is 0 Å². The molecule has 0 aliphatic carbocycles. The Labute approximate surface area is 88.5 Å². The molecule has 0 bridgehead atoms. The second-order valence-corrected chi connectivity index (χ2v) is 3.33. The average molecular weight is 233 g/mol. The maximum Gasteiger partial charge on any atom is 0.377 e. The molecule has 7 heteroatoms. The third-order valence-corrected chi connectivity index (χ3v) is 2.19. The number of rotatable bonds is 3. The lowest BCUT2D eigenvalue weighted by Crippen LogP contribution is -2.14. The van der Waals surface area contributed by atoms with Gasteiger partial charge in [-0.15, -0.1) is 0 Å². The van der Waals surface area contributed by atoms with Gasteiger partial charge in [-0.05, 0) is 6.26 Å². The first kappa shape index (κ1) is 10.9. The Bertz CT molecular complexity index is 397. The van der Waals surface area contributed by atoms with E-state index in [1.807, 2.05) is 0 Å². The molecule has 0 aromatic carbocycles. The highest BCUT2D eigenvalue weighted by atomic mass is 35.5. The van der Waals surface area contributed by atoms with Crippen LogP contribution >= 0.6 is 23.4 Å². The first-order valence-corrected chi connectivity index (χ1v) is 5.00. The topological polar surface area (TPSA) is 80.2 Å². The van der Waals surface area contributed by atoms with Gasteiger partial charge < -0.3 is 5.11 Å². The van der Waals surface area contributed by atoms with Crippen LogP contribution in [0.4, 0.5) is 0 Å². The van der Waals surface area contributed by atoms with Crippen LogP contribution in [-0.2, 0) is 4.79 Å². The van der Waals surface area contributed by atoms with Crippen LogP contribution in [0.15, 0.2) is 11.4 Å². The molecule has 1 rings (SSSR count). The van der Waals surface area contributed by atoms with Crippen LogP contribution in [0, 0.1) is 0 Å². The van der Waals surface area contributed by atoms with E-state index in [4.69, 9.17) is 16.7 Å². The molecule has 1 aromatic heterocycles. The highest BCUT2D eigenvalue weighted by Crippen LogP contribution is 2.16. The number of nitrogens with zero attached hydrogens (tertiary/aromatic N) is 2. The first-order valence-electron chi connectivity index (χ1n) is 3.40. The Morgan fingerprint density at radius 1 is 1.57 bits per heavy atom. The van der Waals surface area contributed by atoms with Gasteiger partial charge in [0.1, 0.15) is 5.15 Å². The van der Waals surface area contributed by atoms with Gasteiger partial charge in [0.05, 0.1) is 5.56 Å². The fourth-order valence-corrected chi connectivity index (χ4v) is 1.32. The van der Waals surface area contributed by atoms with Gasteiger partial charge in [0.2, 0.25) is 0 Å². The van der Waals surface area contributed by atoms with Crippen LogP contribution in [0.25, 0.3) is 0 Å². The maximum atomic E-state index is 11.0. The van der Waals surface area contributed by atoms with Crippen molar-refractivity contribution in [3.63, 3.8) is 0 Å². The summed E-state index contributed by atoms with van der Waals surface area (Å²) in [5.41, 5.74) is -0.197. The number of aromatic nitrogens is 2. The number of carboxylic acid groups (broad SMARTS) is 1.